The molecule has 1 rings (SSSR count). The molecule has 0 spiro atoms. The zero-order valence-electron chi connectivity index (χ0n) is 7.18. The molecule has 0 saturated carbocycles. The molecule has 1 aromatic heterocycles. The molecule has 0 unspecified atom stereocenters. The Kier molecular flexibility index (Phi) is 2.78. The number of halogens is 3. The van der Waals surface area contributed by atoms with E-state index in [0.717, 1.165) is 0 Å². The van der Waals surface area contributed by atoms with Crippen LogP contribution in [0, 0.1) is 0 Å². The average Bonchev–Trinajstić information content (AvgIpc) is 2.50. The molecule has 0 atom stereocenters. The Bertz CT molecular complexity index is 332. The van der Waals surface area contributed by atoms with Crippen LogP contribution in [0.5, 0.6) is 0 Å². The quantitative estimate of drug-likeness (QED) is 0.805. The summed E-state index contributed by atoms with van der Waals surface area (Å²) in [5, 5.41) is 1.49. The molecular weight excluding hydrogens is 201 g/mol. The van der Waals surface area contributed by atoms with Gasteiger partial charge in [0.2, 0.25) is 0 Å². The zero-order valence-corrected chi connectivity index (χ0v) is 7.18. The van der Waals surface area contributed by atoms with Crippen molar-refractivity contribution in [2.24, 2.45) is 0 Å². The van der Waals surface area contributed by atoms with Gasteiger partial charge in [0, 0.05) is 0 Å². The molecule has 78 valence electrons. The average molecular weight is 208 g/mol. The van der Waals surface area contributed by atoms with E-state index < -0.39 is 18.1 Å². The van der Waals surface area contributed by atoms with Crippen molar-refractivity contribution in [2.45, 2.75) is 19.5 Å². The molecule has 1 amide bonds. The van der Waals surface area contributed by atoms with Gasteiger partial charge >= 0.3 is 18.1 Å². The molecule has 0 aliphatic rings. The number of anilines is 1. The smallest absolute Gasteiger partial charge is 0.432 e. The fourth-order valence-corrected chi connectivity index (χ4v) is 0.695. The first-order valence-corrected chi connectivity index (χ1v) is 3.76. The maximum Gasteiger partial charge on any atom is 0.471 e. The summed E-state index contributed by atoms with van der Waals surface area (Å²) in [4.78, 5) is 14.0. The second kappa shape index (κ2) is 3.69. The predicted molar refractivity (Wildman–Crippen MR) is 40.6 cm³/mol. The number of nitrogens with zero attached hydrogens (tertiary/aromatic N) is 1. The van der Waals surface area contributed by atoms with Gasteiger partial charge in [0.05, 0.1) is 5.69 Å². The molecule has 0 saturated heterocycles. The van der Waals surface area contributed by atoms with Gasteiger partial charge in [0.25, 0.3) is 0 Å². The monoisotopic (exact) mass is 208 g/mol. The number of oxazole rings is 1. The van der Waals surface area contributed by atoms with Crippen molar-refractivity contribution in [2.75, 3.05) is 5.32 Å². The second-order valence-corrected chi connectivity index (χ2v) is 2.45. The van der Waals surface area contributed by atoms with Crippen molar-refractivity contribution in [3.8, 4) is 0 Å². The number of carbonyl (C=O) groups is 1. The summed E-state index contributed by atoms with van der Waals surface area (Å²) in [5.74, 6) is -2.10. The molecule has 1 aromatic rings. The summed E-state index contributed by atoms with van der Waals surface area (Å²) in [6, 6.07) is -0.441. The normalized spacial score (nSPS) is 11.4. The standard InChI is InChI=1S/C7H7F3N2O2/c1-2-4-3-14-6(11-4)12-5(13)7(8,9)10/h3H,2H2,1H3,(H,11,12,13). The van der Waals surface area contributed by atoms with Crippen LogP contribution < -0.4 is 5.32 Å². The Morgan fingerprint density at radius 3 is 2.71 bits per heavy atom. The lowest BCUT2D eigenvalue weighted by atomic mass is 10.4. The van der Waals surface area contributed by atoms with Gasteiger partial charge in [-0.15, -0.1) is 0 Å². The Labute approximate surface area is 77.1 Å². The van der Waals surface area contributed by atoms with E-state index in [9.17, 15) is 18.0 Å². The van der Waals surface area contributed by atoms with Crippen LogP contribution in [0.4, 0.5) is 19.2 Å². The minimum absolute atomic E-state index is 0.441. The molecule has 1 N–H and O–H groups in total. The molecule has 1 heterocycles. The number of aryl methyl sites for hydroxylation is 1. The summed E-state index contributed by atoms with van der Waals surface area (Å²) in [6.45, 7) is 1.76. The van der Waals surface area contributed by atoms with Crippen LogP contribution in [0.15, 0.2) is 10.7 Å². The highest BCUT2D eigenvalue weighted by molar-refractivity contribution is 5.93. The number of nitrogens with one attached hydrogen (secondary N) is 1. The molecule has 0 radical (unpaired) electrons. The van der Waals surface area contributed by atoms with E-state index in [4.69, 9.17) is 0 Å². The summed E-state index contributed by atoms with van der Waals surface area (Å²) in [7, 11) is 0. The number of amides is 1. The topological polar surface area (TPSA) is 55.1 Å². The molecule has 7 heteroatoms. The third-order valence-electron chi connectivity index (χ3n) is 1.39. The Balaban J connectivity index is 2.65. The molecule has 0 aliphatic carbocycles. The fraction of sp³-hybridized carbons (Fsp3) is 0.429. The zero-order chi connectivity index (χ0) is 10.8. The lowest BCUT2D eigenvalue weighted by Gasteiger charge is -2.03. The number of hydrogen-bond acceptors (Lipinski definition) is 3. The van der Waals surface area contributed by atoms with Crippen molar-refractivity contribution in [1.82, 2.24) is 4.98 Å². The van der Waals surface area contributed by atoms with E-state index >= 15 is 0 Å². The molecule has 0 bridgehead atoms. The van der Waals surface area contributed by atoms with Crippen molar-refractivity contribution in [3.05, 3.63) is 12.0 Å². The summed E-state index contributed by atoms with van der Waals surface area (Å²) in [5.41, 5.74) is 0.475. The maximum atomic E-state index is 11.7. The second-order valence-electron chi connectivity index (χ2n) is 2.45. The highest BCUT2D eigenvalue weighted by atomic mass is 19.4. The van der Waals surface area contributed by atoms with E-state index in [1.165, 1.54) is 11.6 Å². The SMILES string of the molecule is CCc1coc(NC(=O)C(F)(F)F)n1. The van der Waals surface area contributed by atoms with E-state index in [1.54, 1.807) is 6.92 Å². The van der Waals surface area contributed by atoms with E-state index in [-0.39, 0.29) is 0 Å². The molecule has 4 nitrogen and oxygen atoms in total. The van der Waals surface area contributed by atoms with Crippen molar-refractivity contribution >= 4 is 11.9 Å². The van der Waals surface area contributed by atoms with Gasteiger partial charge in [-0.3, -0.25) is 10.1 Å². The third-order valence-corrected chi connectivity index (χ3v) is 1.39. The first-order valence-electron chi connectivity index (χ1n) is 3.76. The van der Waals surface area contributed by atoms with Gasteiger partial charge in [-0.05, 0) is 6.42 Å². The van der Waals surface area contributed by atoms with Crippen LogP contribution in [-0.2, 0) is 11.2 Å². The molecular formula is C7H7F3N2O2. The van der Waals surface area contributed by atoms with Gasteiger partial charge in [-0.2, -0.15) is 18.2 Å². The van der Waals surface area contributed by atoms with E-state index in [2.05, 4.69) is 9.40 Å². The molecule has 14 heavy (non-hydrogen) atoms. The van der Waals surface area contributed by atoms with Gasteiger partial charge < -0.3 is 4.42 Å². The molecule has 0 aliphatic heterocycles. The van der Waals surface area contributed by atoms with Crippen molar-refractivity contribution in [1.29, 1.82) is 0 Å². The van der Waals surface area contributed by atoms with Crippen LogP contribution >= 0.6 is 0 Å². The highest BCUT2D eigenvalue weighted by Gasteiger charge is 2.39. The van der Waals surface area contributed by atoms with Crippen molar-refractivity contribution < 1.29 is 22.4 Å². The van der Waals surface area contributed by atoms with Gasteiger partial charge in [-0.25, -0.2) is 0 Å². The fourth-order valence-electron chi connectivity index (χ4n) is 0.695. The van der Waals surface area contributed by atoms with E-state index in [1.807, 2.05) is 0 Å². The van der Waals surface area contributed by atoms with Crippen LogP contribution in [0.25, 0.3) is 0 Å². The number of hydrogen-bond donors (Lipinski definition) is 1. The van der Waals surface area contributed by atoms with Crippen LogP contribution in [-0.4, -0.2) is 17.1 Å². The lowest BCUT2D eigenvalue weighted by Crippen LogP contribution is -2.30. The predicted octanol–water partition coefficient (Wildman–Crippen LogP) is 1.74. The number of carbonyl (C=O) groups excluding carboxylic acids is 1. The van der Waals surface area contributed by atoms with Crippen LogP contribution in [0.2, 0.25) is 0 Å². The van der Waals surface area contributed by atoms with Gasteiger partial charge in [0.15, 0.2) is 0 Å². The maximum absolute atomic E-state index is 11.7. The first kappa shape index (κ1) is 10.6. The first-order chi connectivity index (χ1) is 6.43. The highest BCUT2D eigenvalue weighted by Crippen LogP contribution is 2.17. The number of alkyl halides is 3. The van der Waals surface area contributed by atoms with Crippen LogP contribution in [0.1, 0.15) is 12.6 Å². The van der Waals surface area contributed by atoms with Gasteiger partial charge in [-0.1, -0.05) is 6.92 Å². The molecule has 0 aromatic carbocycles. The van der Waals surface area contributed by atoms with Gasteiger partial charge in [0.1, 0.15) is 6.26 Å². The minimum Gasteiger partial charge on any atom is -0.432 e. The van der Waals surface area contributed by atoms with Crippen LogP contribution in [0.3, 0.4) is 0 Å². The summed E-state index contributed by atoms with van der Waals surface area (Å²) < 4.78 is 39.8. The van der Waals surface area contributed by atoms with Crippen molar-refractivity contribution in [3.63, 3.8) is 0 Å². The Morgan fingerprint density at radius 2 is 2.29 bits per heavy atom. The number of aromatic nitrogens is 1. The number of rotatable bonds is 2. The Morgan fingerprint density at radius 1 is 1.64 bits per heavy atom. The minimum atomic E-state index is -4.93. The molecule has 0 fully saturated rings. The Hall–Kier alpha value is -1.53. The third kappa shape index (κ3) is 2.48. The largest absolute Gasteiger partial charge is 0.471 e. The summed E-state index contributed by atoms with van der Waals surface area (Å²) >= 11 is 0. The lowest BCUT2D eigenvalue weighted by molar-refractivity contribution is -0.167. The summed E-state index contributed by atoms with van der Waals surface area (Å²) in [6.07, 6.45) is -3.22. The van der Waals surface area contributed by atoms with E-state index in [0.29, 0.717) is 12.1 Å².